The summed E-state index contributed by atoms with van der Waals surface area (Å²) in [5.41, 5.74) is 0.587. The zero-order valence-electron chi connectivity index (χ0n) is 6.23. The molecule has 1 heterocycles. The molecule has 0 atom stereocenters. The fraction of sp³-hybridized carbons (Fsp3) is 0. The summed E-state index contributed by atoms with van der Waals surface area (Å²) in [5.74, 6) is -1.28. The van der Waals surface area contributed by atoms with Gasteiger partial charge in [0.2, 0.25) is 0 Å². The Balaban J connectivity index is 2.71. The number of Topliss-reactive ketones (excluding diaryl/α,β-unsaturated/α-hetero) is 1. The largest absolute Gasteiger partial charge is 0.318 e. The Bertz CT molecular complexity index is 428. The highest BCUT2D eigenvalue weighted by molar-refractivity contribution is 6.55. The Kier molecular flexibility index (Phi) is 1.78. The number of rotatable bonds is 0. The van der Waals surface area contributed by atoms with Gasteiger partial charge in [-0.1, -0.05) is 23.2 Å². The van der Waals surface area contributed by atoms with Gasteiger partial charge in [-0.2, -0.15) is 0 Å². The number of amides is 1. The normalized spacial score (nSPS) is 14.3. The number of hydrogen-bond acceptors (Lipinski definition) is 2. The molecule has 1 amide bonds. The van der Waals surface area contributed by atoms with Gasteiger partial charge in [0.1, 0.15) is 0 Å². The zero-order chi connectivity index (χ0) is 9.59. The summed E-state index contributed by atoms with van der Waals surface area (Å²) in [7, 11) is 0. The lowest BCUT2D eigenvalue weighted by Gasteiger charge is -1.99. The van der Waals surface area contributed by atoms with E-state index in [1.54, 1.807) is 0 Å². The molecule has 1 aromatic rings. The third-order valence-electron chi connectivity index (χ3n) is 1.74. The number of benzene rings is 1. The quantitative estimate of drug-likeness (QED) is 0.675. The predicted octanol–water partition coefficient (Wildman–Crippen LogP) is 2.13. The van der Waals surface area contributed by atoms with Crippen molar-refractivity contribution in [2.24, 2.45) is 0 Å². The molecule has 13 heavy (non-hydrogen) atoms. The van der Waals surface area contributed by atoms with E-state index in [4.69, 9.17) is 23.2 Å². The van der Waals surface area contributed by atoms with Crippen molar-refractivity contribution in [3.05, 3.63) is 27.7 Å². The van der Waals surface area contributed by atoms with Crippen molar-refractivity contribution in [3.8, 4) is 0 Å². The van der Waals surface area contributed by atoms with Crippen molar-refractivity contribution in [1.29, 1.82) is 0 Å². The molecule has 0 saturated carbocycles. The van der Waals surface area contributed by atoms with Crippen LogP contribution in [0.1, 0.15) is 10.4 Å². The lowest BCUT2D eigenvalue weighted by Crippen LogP contribution is -2.12. The second-order valence-corrected chi connectivity index (χ2v) is 3.44. The molecule has 0 bridgehead atoms. The van der Waals surface area contributed by atoms with Crippen molar-refractivity contribution < 1.29 is 9.59 Å². The molecule has 1 N–H and O–H groups in total. The second kappa shape index (κ2) is 2.72. The molecule has 0 aromatic heterocycles. The summed E-state index contributed by atoms with van der Waals surface area (Å²) in [6, 6.07) is 2.92. The molecule has 0 unspecified atom stereocenters. The van der Waals surface area contributed by atoms with E-state index < -0.39 is 11.7 Å². The summed E-state index contributed by atoms with van der Waals surface area (Å²) in [5, 5.41) is 2.96. The van der Waals surface area contributed by atoms with Gasteiger partial charge in [0.05, 0.1) is 16.3 Å². The molecule has 5 heteroatoms. The average Bonchev–Trinajstić information content (AvgIpc) is 2.27. The molecule has 2 rings (SSSR count). The predicted molar refractivity (Wildman–Crippen MR) is 49.4 cm³/mol. The molecular weight excluding hydrogens is 213 g/mol. The van der Waals surface area contributed by atoms with Crippen LogP contribution in [-0.4, -0.2) is 11.7 Å². The molecule has 1 aromatic carbocycles. The molecule has 0 fully saturated rings. The van der Waals surface area contributed by atoms with Crippen molar-refractivity contribution >= 4 is 40.6 Å². The number of fused-ring (bicyclic) bond motifs is 1. The van der Waals surface area contributed by atoms with Crippen LogP contribution in [0.2, 0.25) is 10.0 Å². The van der Waals surface area contributed by atoms with Gasteiger partial charge < -0.3 is 5.32 Å². The molecule has 0 saturated heterocycles. The first-order valence-electron chi connectivity index (χ1n) is 3.44. The SMILES string of the molecule is O=C1Nc2cc(Cl)cc(Cl)c2C1=O. The average molecular weight is 216 g/mol. The second-order valence-electron chi connectivity index (χ2n) is 2.59. The highest BCUT2D eigenvalue weighted by atomic mass is 35.5. The highest BCUT2D eigenvalue weighted by Gasteiger charge is 2.30. The van der Waals surface area contributed by atoms with Crippen LogP contribution in [0.25, 0.3) is 0 Å². The van der Waals surface area contributed by atoms with Crippen molar-refractivity contribution in [2.45, 2.75) is 0 Å². The van der Waals surface area contributed by atoms with E-state index in [9.17, 15) is 9.59 Å². The lowest BCUT2D eigenvalue weighted by molar-refractivity contribution is -0.112. The summed E-state index contributed by atoms with van der Waals surface area (Å²) in [6.07, 6.45) is 0. The molecular formula is C8H3Cl2NO2. The highest BCUT2D eigenvalue weighted by Crippen LogP contribution is 2.32. The maximum atomic E-state index is 11.2. The van der Waals surface area contributed by atoms with Crippen LogP contribution < -0.4 is 5.32 Å². The van der Waals surface area contributed by atoms with Gasteiger partial charge in [-0.05, 0) is 12.1 Å². The maximum absolute atomic E-state index is 11.2. The number of anilines is 1. The number of ketones is 1. The molecule has 1 aliphatic heterocycles. The van der Waals surface area contributed by atoms with Gasteiger partial charge in [0.15, 0.2) is 0 Å². The zero-order valence-corrected chi connectivity index (χ0v) is 7.74. The maximum Gasteiger partial charge on any atom is 0.296 e. The molecule has 0 spiro atoms. The van der Waals surface area contributed by atoms with Gasteiger partial charge in [-0.25, -0.2) is 0 Å². The van der Waals surface area contributed by atoms with E-state index in [0.717, 1.165) is 0 Å². The van der Waals surface area contributed by atoms with Crippen LogP contribution in [0.4, 0.5) is 5.69 Å². The summed E-state index contributed by atoms with van der Waals surface area (Å²) >= 11 is 11.4. The van der Waals surface area contributed by atoms with Gasteiger partial charge in [0.25, 0.3) is 11.7 Å². The molecule has 3 nitrogen and oxygen atoms in total. The van der Waals surface area contributed by atoms with Crippen LogP contribution in [0, 0.1) is 0 Å². The van der Waals surface area contributed by atoms with Crippen molar-refractivity contribution in [3.63, 3.8) is 0 Å². The van der Waals surface area contributed by atoms with Crippen LogP contribution in [-0.2, 0) is 4.79 Å². The fourth-order valence-corrected chi connectivity index (χ4v) is 1.77. The van der Waals surface area contributed by atoms with Crippen molar-refractivity contribution in [2.75, 3.05) is 5.32 Å². The van der Waals surface area contributed by atoms with E-state index in [1.807, 2.05) is 0 Å². The van der Waals surface area contributed by atoms with Crippen LogP contribution in [0.3, 0.4) is 0 Å². The number of carbonyl (C=O) groups is 2. The van der Waals surface area contributed by atoms with Crippen molar-refractivity contribution in [1.82, 2.24) is 0 Å². The van der Waals surface area contributed by atoms with Gasteiger partial charge in [0, 0.05) is 5.02 Å². The standard InChI is InChI=1S/C8H3Cl2NO2/c9-3-1-4(10)6-5(2-3)11-8(13)7(6)12/h1-2H,(H,11,12,13). The van der Waals surface area contributed by atoms with E-state index in [1.165, 1.54) is 12.1 Å². The molecule has 0 radical (unpaired) electrons. The molecule has 0 aliphatic carbocycles. The van der Waals surface area contributed by atoms with E-state index >= 15 is 0 Å². The van der Waals surface area contributed by atoms with Crippen LogP contribution >= 0.6 is 23.2 Å². The molecule has 1 aliphatic rings. The molecule has 66 valence electrons. The van der Waals surface area contributed by atoms with Crippen LogP contribution in [0.5, 0.6) is 0 Å². The number of nitrogens with one attached hydrogen (secondary N) is 1. The van der Waals surface area contributed by atoms with Crippen LogP contribution in [0.15, 0.2) is 12.1 Å². The smallest absolute Gasteiger partial charge is 0.296 e. The van der Waals surface area contributed by atoms with Gasteiger partial charge >= 0.3 is 0 Å². The first-order valence-corrected chi connectivity index (χ1v) is 4.20. The monoisotopic (exact) mass is 215 g/mol. The van der Waals surface area contributed by atoms with E-state index in [2.05, 4.69) is 5.32 Å². The number of hydrogen-bond donors (Lipinski definition) is 1. The van der Waals surface area contributed by atoms with Gasteiger partial charge in [-0.3, -0.25) is 9.59 Å². The topological polar surface area (TPSA) is 46.2 Å². The first kappa shape index (κ1) is 8.53. The Hall–Kier alpha value is -1.06. The summed E-state index contributed by atoms with van der Waals surface area (Å²) < 4.78 is 0. The third kappa shape index (κ3) is 1.20. The third-order valence-corrected chi connectivity index (χ3v) is 2.25. The minimum atomic E-state index is -0.667. The number of carbonyl (C=O) groups excluding carboxylic acids is 2. The Morgan fingerprint density at radius 3 is 2.54 bits per heavy atom. The minimum Gasteiger partial charge on any atom is -0.318 e. The Labute approximate surface area is 83.6 Å². The van der Waals surface area contributed by atoms with E-state index in [0.29, 0.717) is 10.7 Å². The fourth-order valence-electron chi connectivity index (χ4n) is 1.20. The number of halogens is 2. The van der Waals surface area contributed by atoms with Gasteiger partial charge in [-0.15, -0.1) is 0 Å². The summed E-state index contributed by atoms with van der Waals surface area (Å²) in [4.78, 5) is 22.1. The first-order chi connectivity index (χ1) is 6.09. The van der Waals surface area contributed by atoms with E-state index in [-0.39, 0.29) is 10.6 Å². The minimum absolute atomic E-state index is 0.200. The Morgan fingerprint density at radius 2 is 1.85 bits per heavy atom. The Morgan fingerprint density at radius 1 is 1.15 bits per heavy atom. The lowest BCUT2D eigenvalue weighted by atomic mass is 10.1. The summed E-state index contributed by atoms with van der Waals surface area (Å²) in [6.45, 7) is 0.